The predicted octanol–water partition coefficient (Wildman–Crippen LogP) is 1.28. The lowest BCUT2D eigenvalue weighted by Crippen LogP contribution is -2.38. The monoisotopic (exact) mass is 237 g/mol. The molecule has 1 aromatic rings. The summed E-state index contributed by atoms with van der Waals surface area (Å²) >= 11 is 0. The van der Waals surface area contributed by atoms with Gasteiger partial charge in [0.25, 0.3) is 0 Å². The number of aliphatic hydroxyl groups is 1. The molecule has 0 saturated heterocycles. The summed E-state index contributed by atoms with van der Waals surface area (Å²) in [5.41, 5.74) is -0.255. The maximum absolute atomic E-state index is 11.8. The minimum Gasteiger partial charge on any atom is -0.508 e. The Bertz CT molecular complexity index is 379. The van der Waals surface area contributed by atoms with Crippen LogP contribution in [0, 0.1) is 0 Å². The topological polar surface area (TPSA) is 60.8 Å². The molecule has 0 aliphatic carbocycles. The number of rotatable bonds is 5. The van der Waals surface area contributed by atoms with E-state index in [1.54, 1.807) is 37.9 Å². The molecule has 2 N–H and O–H groups in total. The van der Waals surface area contributed by atoms with Gasteiger partial charge in [-0.3, -0.25) is 9.69 Å². The van der Waals surface area contributed by atoms with Gasteiger partial charge in [-0.2, -0.15) is 0 Å². The van der Waals surface area contributed by atoms with Crippen molar-refractivity contribution in [1.82, 2.24) is 4.90 Å². The van der Waals surface area contributed by atoms with Crippen molar-refractivity contribution < 1.29 is 15.0 Å². The van der Waals surface area contributed by atoms with E-state index in [0.29, 0.717) is 12.1 Å². The maximum atomic E-state index is 11.8. The molecule has 0 saturated carbocycles. The van der Waals surface area contributed by atoms with Crippen molar-refractivity contribution >= 4 is 5.78 Å². The van der Waals surface area contributed by atoms with Crippen LogP contribution in [0.4, 0.5) is 0 Å². The van der Waals surface area contributed by atoms with Crippen LogP contribution >= 0.6 is 0 Å². The minimum absolute atomic E-state index is 0.0308. The van der Waals surface area contributed by atoms with Crippen LogP contribution in [0.25, 0.3) is 0 Å². The number of hydrogen-bond donors (Lipinski definition) is 2. The molecule has 0 amide bonds. The van der Waals surface area contributed by atoms with Crippen molar-refractivity contribution in [2.45, 2.75) is 19.4 Å². The van der Waals surface area contributed by atoms with Crippen molar-refractivity contribution in [3.8, 4) is 5.75 Å². The lowest BCUT2D eigenvalue weighted by atomic mass is 10.1. The SMILES string of the molecule is CN(CC(=O)c1ccc(O)cc1)CC(C)(C)O. The summed E-state index contributed by atoms with van der Waals surface area (Å²) in [5.74, 6) is 0.114. The van der Waals surface area contributed by atoms with Crippen LogP contribution in [0.15, 0.2) is 24.3 Å². The molecule has 0 bridgehead atoms. The van der Waals surface area contributed by atoms with Crippen molar-refractivity contribution in [3.63, 3.8) is 0 Å². The number of benzene rings is 1. The molecule has 0 atom stereocenters. The van der Waals surface area contributed by atoms with Gasteiger partial charge < -0.3 is 10.2 Å². The van der Waals surface area contributed by atoms with Gasteiger partial charge in [0.1, 0.15) is 5.75 Å². The zero-order chi connectivity index (χ0) is 13.1. The van der Waals surface area contributed by atoms with Gasteiger partial charge in [-0.25, -0.2) is 0 Å². The second-order valence-electron chi connectivity index (χ2n) is 4.95. The van der Waals surface area contributed by atoms with Gasteiger partial charge in [0, 0.05) is 12.1 Å². The van der Waals surface area contributed by atoms with Crippen molar-refractivity contribution in [1.29, 1.82) is 0 Å². The Morgan fingerprint density at radius 3 is 2.29 bits per heavy atom. The fourth-order valence-electron chi connectivity index (χ4n) is 1.70. The van der Waals surface area contributed by atoms with Crippen LogP contribution < -0.4 is 0 Å². The lowest BCUT2D eigenvalue weighted by Gasteiger charge is -2.24. The van der Waals surface area contributed by atoms with Crippen molar-refractivity contribution in [3.05, 3.63) is 29.8 Å². The van der Waals surface area contributed by atoms with Crippen LogP contribution in [0.2, 0.25) is 0 Å². The average Bonchev–Trinajstić information content (AvgIpc) is 2.15. The van der Waals surface area contributed by atoms with Crippen LogP contribution in [0.1, 0.15) is 24.2 Å². The van der Waals surface area contributed by atoms with Gasteiger partial charge in [0.05, 0.1) is 12.1 Å². The summed E-state index contributed by atoms with van der Waals surface area (Å²) in [6.07, 6.45) is 0. The first-order valence-corrected chi connectivity index (χ1v) is 5.51. The van der Waals surface area contributed by atoms with Crippen LogP contribution in [-0.4, -0.2) is 46.6 Å². The van der Waals surface area contributed by atoms with Gasteiger partial charge in [-0.05, 0) is 45.2 Å². The van der Waals surface area contributed by atoms with E-state index in [1.807, 2.05) is 0 Å². The van der Waals surface area contributed by atoms with E-state index in [1.165, 1.54) is 12.1 Å². The number of aromatic hydroxyl groups is 1. The number of carbonyl (C=O) groups is 1. The van der Waals surface area contributed by atoms with Gasteiger partial charge >= 0.3 is 0 Å². The molecular formula is C13H19NO3. The fraction of sp³-hybridized carbons (Fsp3) is 0.462. The number of carbonyl (C=O) groups excluding carboxylic acids is 1. The Labute approximate surface area is 101 Å². The number of hydrogen-bond acceptors (Lipinski definition) is 4. The summed E-state index contributed by atoms with van der Waals surface area (Å²) in [5, 5.41) is 18.7. The van der Waals surface area contributed by atoms with E-state index < -0.39 is 5.60 Å². The van der Waals surface area contributed by atoms with E-state index in [9.17, 15) is 9.90 Å². The Morgan fingerprint density at radius 1 is 1.29 bits per heavy atom. The summed E-state index contributed by atoms with van der Waals surface area (Å²) in [6.45, 7) is 4.08. The van der Waals surface area contributed by atoms with Crippen LogP contribution in [-0.2, 0) is 0 Å². The largest absolute Gasteiger partial charge is 0.508 e. The molecule has 1 rings (SSSR count). The molecule has 0 spiro atoms. The van der Waals surface area contributed by atoms with E-state index >= 15 is 0 Å². The summed E-state index contributed by atoms with van der Waals surface area (Å²) in [7, 11) is 1.79. The molecule has 0 radical (unpaired) electrons. The number of nitrogens with zero attached hydrogens (tertiary/aromatic N) is 1. The Balaban J connectivity index is 2.57. The molecule has 17 heavy (non-hydrogen) atoms. The molecular weight excluding hydrogens is 218 g/mol. The molecule has 0 aliphatic heterocycles. The third-order valence-electron chi connectivity index (χ3n) is 2.26. The highest BCUT2D eigenvalue weighted by molar-refractivity contribution is 5.97. The van der Waals surface area contributed by atoms with Gasteiger partial charge in [0.15, 0.2) is 5.78 Å². The molecule has 0 aliphatic rings. The van der Waals surface area contributed by atoms with Crippen LogP contribution in [0.3, 0.4) is 0 Å². The number of phenols is 1. The number of ketones is 1. The van der Waals surface area contributed by atoms with E-state index in [0.717, 1.165) is 0 Å². The first-order chi connectivity index (χ1) is 7.78. The summed E-state index contributed by atoms with van der Waals surface area (Å²) in [4.78, 5) is 13.6. The molecule has 0 heterocycles. The second-order valence-corrected chi connectivity index (χ2v) is 4.95. The molecule has 0 fully saturated rings. The predicted molar refractivity (Wildman–Crippen MR) is 66.2 cm³/mol. The highest BCUT2D eigenvalue weighted by atomic mass is 16.3. The number of phenolic OH excluding ortho intramolecular Hbond substituents is 1. The quantitative estimate of drug-likeness (QED) is 0.757. The third kappa shape index (κ3) is 4.97. The smallest absolute Gasteiger partial charge is 0.176 e. The molecule has 0 aromatic heterocycles. The highest BCUT2D eigenvalue weighted by Gasteiger charge is 2.17. The highest BCUT2D eigenvalue weighted by Crippen LogP contribution is 2.11. The van der Waals surface area contributed by atoms with Crippen LogP contribution in [0.5, 0.6) is 5.75 Å². The summed E-state index contributed by atoms with van der Waals surface area (Å²) < 4.78 is 0. The third-order valence-corrected chi connectivity index (χ3v) is 2.26. The zero-order valence-corrected chi connectivity index (χ0v) is 10.5. The standard InChI is InChI=1S/C13H19NO3/c1-13(2,17)9-14(3)8-12(16)10-4-6-11(15)7-5-10/h4-7,15,17H,8-9H2,1-3H3. The lowest BCUT2D eigenvalue weighted by molar-refractivity contribution is 0.0439. The first-order valence-electron chi connectivity index (χ1n) is 5.51. The molecule has 4 heteroatoms. The Hall–Kier alpha value is -1.39. The average molecular weight is 237 g/mol. The van der Waals surface area contributed by atoms with Gasteiger partial charge in [0.2, 0.25) is 0 Å². The molecule has 94 valence electrons. The number of Topliss-reactive ketones (excluding diaryl/α,β-unsaturated/α-hetero) is 1. The molecule has 1 aromatic carbocycles. The number of likely N-dealkylation sites (N-methyl/N-ethyl adjacent to an activating group) is 1. The Kier molecular flexibility index (Phi) is 4.26. The van der Waals surface area contributed by atoms with Gasteiger partial charge in [-0.15, -0.1) is 0 Å². The van der Waals surface area contributed by atoms with E-state index in [-0.39, 0.29) is 18.1 Å². The van der Waals surface area contributed by atoms with Crippen molar-refractivity contribution in [2.24, 2.45) is 0 Å². The Morgan fingerprint density at radius 2 is 1.82 bits per heavy atom. The minimum atomic E-state index is -0.815. The van der Waals surface area contributed by atoms with E-state index in [2.05, 4.69) is 0 Å². The molecule has 0 unspecified atom stereocenters. The maximum Gasteiger partial charge on any atom is 0.176 e. The second kappa shape index (κ2) is 5.29. The fourth-order valence-corrected chi connectivity index (χ4v) is 1.70. The first kappa shape index (κ1) is 13.7. The van der Waals surface area contributed by atoms with Gasteiger partial charge in [-0.1, -0.05) is 0 Å². The zero-order valence-electron chi connectivity index (χ0n) is 10.5. The van der Waals surface area contributed by atoms with Crippen molar-refractivity contribution in [2.75, 3.05) is 20.1 Å². The summed E-state index contributed by atoms with van der Waals surface area (Å²) in [6, 6.07) is 6.16. The normalized spacial score (nSPS) is 11.8. The van der Waals surface area contributed by atoms with E-state index in [4.69, 9.17) is 5.11 Å². The molecule has 4 nitrogen and oxygen atoms in total.